The Morgan fingerprint density at radius 3 is 2.82 bits per heavy atom. The second-order valence-corrected chi connectivity index (χ2v) is 8.96. The highest BCUT2D eigenvalue weighted by atomic mass is 35.5. The van der Waals surface area contributed by atoms with E-state index in [-0.39, 0.29) is 11.9 Å². The molecule has 0 aliphatic carbocycles. The molecule has 0 aromatic heterocycles. The molecule has 1 saturated heterocycles. The van der Waals surface area contributed by atoms with Crippen molar-refractivity contribution in [3.8, 4) is 5.75 Å². The fraction of sp³-hybridized carbons (Fsp3) is 0.500. The summed E-state index contributed by atoms with van der Waals surface area (Å²) in [6.07, 6.45) is 3.93. The van der Waals surface area contributed by atoms with Gasteiger partial charge >= 0.3 is 0 Å². The van der Waals surface area contributed by atoms with Crippen LogP contribution >= 0.6 is 11.6 Å². The molecule has 2 aromatic carbocycles. The summed E-state index contributed by atoms with van der Waals surface area (Å²) < 4.78 is 16.5. The van der Waals surface area contributed by atoms with Gasteiger partial charge in [-0.3, -0.25) is 4.79 Å². The number of hydrogen-bond donors (Lipinski definition) is 2. The number of carbonyl (C=O) groups excluding carboxylic acids is 1. The Balaban J connectivity index is 1.67. The first-order valence-electron chi connectivity index (χ1n) is 11.6. The lowest BCUT2D eigenvalue weighted by atomic mass is 9.94. The second kappa shape index (κ2) is 13.6. The van der Waals surface area contributed by atoms with Gasteiger partial charge < -0.3 is 24.8 Å². The van der Waals surface area contributed by atoms with Gasteiger partial charge in [-0.2, -0.15) is 0 Å². The Morgan fingerprint density at radius 2 is 2.09 bits per heavy atom. The van der Waals surface area contributed by atoms with Crippen molar-refractivity contribution >= 4 is 17.5 Å². The Labute approximate surface area is 201 Å². The third kappa shape index (κ3) is 8.63. The van der Waals surface area contributed by atoms with Crippen LogP contribution in [-0.2, 0) is 15.9 Å². The summed E-state index contributed by atoms with van der Waals surface area (Å²) in [5.74, 6) is 1.08. The van der Waals surface area contributed by atoms with Gasteiger partial charge in [0.05, 0.1) is 6.61 Å². The Kier molecular flexibility index (Phi) is 10.5. The first-order valence-corrected chi connectivity index (χ1v) is 12.0. The molecule has 2 N–H and O–H groups in total. The summed E-state index contributed by atoms with van der Waals surface area (Å²) in [5, 5.41) is 7.11. The molecule has 180 valence electrons. The zero-order valence-corrected chi connectivity index (χ0v) is 20.3. The van der Waals surface area contributed by atoms with Crippen LogP contribution in [0, 0.1) is 5.92 Å². The summed E-state index contributed by atoms with van der Waals surface area (Å²) >= 11 is 6.15. The SMILES string of the molecule is CN[C@H](CNC(=O)c1cc(Cc2cccc(Cl)c2)cc(OCCOC)c1)C[C@H]1CCCOC1. The molecule has 1 aliphatic heterocycles. The normalized spacial score (nSPS) is 16.9. The van der Waals surface area contributed by atoms with Crippen molar-refractivity contribution in [2.24, 2.45) is 5.92 Å². The van der Waals surface area contributed by atoms with E-state index in [0.29, 0.717) is 48.4 Å². The fourth-order valence-electron chi connectivity index (χ4n) is 4.12. The summed E-state index contributed by atoms with van der Waals surface area (Å²) in [7, 11) is 3.57. The topological polar surface area (TPSA) is 68.8 Å². The number of halogens is 1. The lowest BCUT2D eigenvalue weighted by Gasteiger charge is -2.26. The standard InChI is InChI=1S/C26H35ClN2O4/c1-28-24(14-20-6-4-8-32-18-20)17-29-26(30)22-12-21(11-19-5-3-7-23(27)13-19)15-25(16-22)33-10-9-31-2/h3,5,7,12-13,15-16,20,24,28H,4,6,8-11,14,17-18H2,1-2H3,(H,29,30)/t20-,24+/m1/s1. The van der Waals surface area contributed by atoms with E-state index in [4.69, 9.17) is 25.8 Å². The van der Waals surface area contributed by atoms with Crippen molar-refractivity contribution in [1.29, 1.82) is 0 Å². The number of methoxy groups -OCH3 is 1. The van der Waals surface area contributed by atoms with E-state index in [2.05, 4.69) is 10.6 Å². The van der Waals surface area contributed by atoms with Crippen molar-refractivity contribution < 1.29 is 19.0 Å². The van der Waals surface area contributed by atoms with Crippen LogP contribution in [0.3, 0.4) is 0 Å². The maximum atomic E-state index is 13.0. The minimum atomic E-state index is -0.111. The average Bonchev–Trinajstić information content (AvgIpc) is 2.82. The lowest BCUT2D eigenvalue weighted by Crippen LogP contribution is -2.41. The van der Waals surface area contributed by atoms with E-state index in [9.17, 15) is 4.79 Å². The van der Waals surface area contributed by atoms with E-state index >= 15 is 0 Å². The number of amides is 1. The largest absolute Gasteiger partial charge is 0.491 e. The predicted molar refractivity (Wildman–Crippen MR) is 131 cm³/mol. The van der Waals surface area contributed by atoms with Crippen LogP contribution in [0.1, 0.15) is 40.7 Å². The molecule has 2 atom stereocenters. The van der Waals surface area contributed by atoms with Gasteiger partial charge in [0.1, 0.15) is 12.4 Å². The molecule has 1 fully saturated rings. The van der Waals surface area contributed by atoms with Crippen LogP contribution in [0.15, 0.2) is 42.5 Å². The molecule has 1 heterocycles. The van der Waals surface area contributed by atoms with Gasteiger partial charge in [0, 0.05) is 43.5 Å². The minimum absolute atomic E-state index is 0.111. The number of rotatable bonds is 12. The fourth-order valence-corrected chi connectivity index (χ4v) is 4.33. The molecule has 0 unspecified atom stereocenters. The highest BCUT2D eigenvalue weighted by Gasteiger charge is 2.19. The molecule has 3 rings (SSSR count). The molecule has 0 bridgehead atoms. The van der Waals surface area contributed by atoms with Crippen molar-refractivity contribution in [3.63, 3.8) is 0 Å². The third-order valence-corrected chi connectivity index (χ3v) is 6.11. The molecular weight excluding hydrogens is 440 g/mol. The summed E-state index contributed by atoms with van der Waals surface area (Å²) in [6.45, 7) is 3.13. The highest BCUT2D eigenvalue weighted by Crippen LogP contribution is 2.22. The van der Waals surface area contributed by atoms with Crippen molar-refractivity contribution in [2.75, 3.05) is 47.1 Å². The molecule has 2 aromatic rings. The van der Waals surface area contributed by atoms with E-state index < -0.39 is 0 Å². The smallest absolute Gasteiger partial charge is 0.251 e. The Hall–Kier alpha value is -2.12. The molecule has 0 radical (unpaired) electrons. The molecule has 7 heteroatoms. The van der Waals surface area contributed by atoms with Crippen molar-refractivity contribution in [1.82, 2.24) is 10.6 Å². The summed E-state index contributed by atoms with van der Waals surface area (Å²) in [6, 6.07) is 13.6. The second-order valence-electron chi connectivity index (χ2n) is 8.53. The first-order chi connectivity index (χ1) is 16.1. The van der Waals surface area contributed by atoms with Gasteiger partial charge in [-0.15, -0.1) is 0 Å². The zero-order valence-electron chi connectivity index (χ0n) is 19.6. The monoisotopic (exact) mass is 474 g/mol. The maximum Gasteiger partial charge on any atom is 0.251 e. The van der Waals surface area contributed by atoms with E-state index in [1.54, 1.807) is 13.2 Å². The highest BCUT2D eigenvalue weighted by molar-refractivity contribution is 6.30. The van der Waals surface area contributed by atoms with Crippen LogP contribution in [0.2, 0.25) is 5.02 Å². The third-order valence-electron chi connectivity index (χ3n) is 5.87. The van der Waals surface area contributed by atoms with Crippen LogP contribution < -0.4 is 15.4 Å². The molecule has 0 spiro atoms. The zero-order chi connectivity index (χ0) is 23.5. The lowest BCUT2D eigenvalue weighted by molar-refractivity contribution is 0.0478. The van der Waals surface area contributed by atoms with Crippen LogP contribution in [0.4, 0.5) is 0 Å². The van der Waals surface area contributed by atoms with Gasteiger partial charge in [-0.1, -0.05) is 23.7 Å². The maximum absolute atomic E-state index is 13.0. The molecular formula is C26H35ClN2O4. The van der Waals surface area contributed by atoms with E-state index in [1.165, 1.54) is 6.42 Å². The molecule has 1 amide bonds. The van der Waals surface area contributed by atoms with Crippen molar-refractivity contribution in [3.05, 3.63) is 64.2 Å². The predicted octanol–water partition coefficient (Wildman–Crippen LogP) is 4.09. The number of ether oxygens (including phenoxy) is 3. The van der Waals surface area contributed by atoms with Gasteiger partial charge in [0.15, 0.2) is 0 Å². The van der Waals surface area contributed by atoms with Crippen LogP contribution in [-0.4, -0.2) is 59.1 Å². The van der Waals surface area contributed by atoms with Gasteiger partial charge in [0.2, 0.25) is 0 Å². The summed E-state index contributed by atoms with van der Waals surface area (Å²) in [5.41, 5.74) is 2.65. The quantitative estimate of drug-likeness (QED) is 0.453. The minimum Gasteiger partial charge on any atom is -0.491 e. The molecule has 0 saturated carbocycles. The first kappa shape index (κ1) is 25.5. The van der Waals surface area contributed by atoms with Gasteiger partial charge in [-0.25, -0.2) is 0 Å². The Bertz CT molecular complexity index is 886. The number of nitrogens with one attached hydrogen (secondary N) is 2. The molecule has 6 nitrogen and oxygen atoms in total. The van der Waals surface area contributed by atoms with Crippen molar-refractivity contribution in [2.45, 2.75) is 31.7 Å². The van der Waals surface area contributed by atoms with E-state index in [0.717, 1.165) is 37.2 Å². The van der Waals surface area contributed by atoms with Crippen LogP contribution in [0.5, 0.6) is 5.75 Å². The number of hydrogen-bond acceptors (Lipinski definition) is 5. The Morgan fingerprint density at radius 1 is 1.21 bits per heavy atom. The molecule has 1 aliphatic rings. The van der Waals surface area contributed by atoms with Gasteiger partial charge in [0.25, 0.3) is 5.91 Å². The molecule has 33 heavy (non-hydrogen) atoms. The number of benzene rings is 2. The summed E-state index contributed by atoms with van der Waals surface area (Å²) in [4.78, 5) is 13.0. The van der Waals surface area contributed by atoms with E-state index in [1.807, 2.05) is 43.4 Å². The number of likely N-dealkylation sites (N-methyl/N-ethyl adjacent to an activating group) is 1. The van der Waals surface area contributed by atoms with Gasteiger partial charge in [-0.05, 0) is 80.1 Å². The number of carbonyl (C=O) groups is 1. The van der Waals surface area contributed by atoms with Crippen LogP contribution in [0.25, 0.3) is 0 Å². The average molecular weight is 475 g/mol.